The fraction of sp³-hybridized carbons (Fsp3) is 0.250. The van der Waals surface area contributed by atoms with Gasteiger partial charge in [-0.3, -0.25) is 9.59 Å². The zero-order valence-corrected chi connectivity index (χ0v) is 21.8. The van der Waals surface area contributed by atoms with Gasteiger partial charge in [-0.2, -0.15) is 0 Å². The number of nitrogens with one attached hydrogen (secondary N) is 1. The third kappa shape index (κ3) is 5.21. The molecule has 2 aromatic heterocycles. The number of aromatic nitrogens is 2. The molecule has 0 saturated carbocycles. The zero-order valence-electron chi connectivity index (χ0n) is 21.0. The molecule has 0 spiro atoms. The lowest BCUT2D eigenvalue weighted by Crippen LogP contribution is -2.38. The Morgan fingerprint density at radius 2 is 1.84 bits per heavy atom. The summed E-state index contributed by atoms with van der Waals surface area (Å²) in [5, 5.41) is 9.53. The lowest BCUT2D eigenvalue weighted by atomic mass is 9.96. The van der Waals surface area contributed by atoms with Crippen molar-refractivity contribution in [3.05, 3.63) is 87.6 Å². The summed E-state index contributed by atoms with van der Waals surface area (Å²) < 4.78 is 10.1. The summed E-state index contributed by atoms with van der Waals surface area (Å²) in [6.07, 6.45) is 1.49. The highest BCUT2D eigenvalue weighted by Gasteiger charge is 2.31. The first kappa shape index (κ1) is 25.3. The number of carbonyl (C=O) groups is 3. The molecule has 0 unspecified atom stereocenters. The highest BCUT2D eigenvalue weighted by atomic mass is 32.1. The maximum atomic E-state index is 13.4. The van der Waals surface area contributed by atoms with E-state index in [1.807, 2.05) is 35.2 Å². The van der Waals surface area contributed by atoms with Gasteiger partial charge in [-0.05, 0) is 38.0 Å². The van der Waals surface area contributed by atoms with Gasteiger partial charge >= 0.3 is 5.97 Å². The topological polar surface area (TPSA) is 115 Å². The predicted octanol–water partition coefficient (Wildman–Crippen LogP) is 5.17. The first-order chi connectivity index (χ1) is 18.4. The maximum absolute atomic E-state index is 13.4. The molecule has 2 aromatic carbocycles. The summed E-state index contributed by atoms with van der Waals surface area (Å²) in [6.45, 7) is 2.90. The maximum Gasteiger partial charge on any atom is 0.337 e. The van der Waals surface area contributed by atoms with E-state index in [1.54, 1.807) is 36.6 Å². The van der Waals surface area contributed by atoms with E-state index in [1.165, 1.54) is 18.4 Å². The van der Waals surface area contributed by atoms with Crippen LogP contribution in [-0.2, 0) is 4.74 Å². The summed E-state index contributed by atoms with van der Waals surface area (Å²) in [7, 11) is 1.31. The van der Waals surface area contributed by atoms with Crippen LogP contribution in [0.15, 0.2) is 64.5 Å². The fourth-order valence-corrected chi connectivity index (χ4v) is 5.49. The third-order valence-electron chi connectivity index (χ3n) is 6.55. The first-order valence-electron chi connectivity index (χ1n) is 12.2. The quantitative estimate of drug-likeness (QED) is 0.342. The number of benzene rings is 2. The number of hydrogen-bond acceptors (Lipinski definition) is 8. The number of likely N-dealkylation sites (tertiary alicyclic amines) is 1. The fourth-order valence-electron chi connectivity index (χ4n) is 4.52. The van der Waals surface area contributed by atoms with Gasteiger partial charge in [0.15, 0.2) is 0 Å². The van der Waals surface area contributed by atoms with E-state index in [9.17, 15) is 14.4 Å². The van der Waals surface area contributed by atoms with Crippen molar-refractivity contribution in [1.29, 1.82) is 0 Å². The molecule has 1 saturated heterocycles. The normalized spacial score (nSPS) is 13.8. The van der Waals surface area contributed by atoms with Crippen molar-refractivity contribution in [1.82, 2.24) is 15.0 Å². The van der Waals surface area contributed by atoms with E-state index in [0.29, 0.717) is 47.1 Å². The van der Waals surface area contributed by atoms with Crippen LogP contribution in [0, 0.1) is 6.92 Å². The lowest BCUT2D eigenvalue weighted by molar-refractivity contribution is 0.0600. The van der Waals surface area contributed by atoms with Gasteiger partial charge in [0.1, 0.15) is 22.7 Å². The van der Waals surface area contributed by atoms with Gasteiger partial charge in [0.05, 0.1) is 17.7 Å². The Bertz CT molecular complexity index is 1470. The van der Waals surface area contributed by atoms with Crippen LogP contribution < -0.4 is 5.32 Å². The molecule has 2 amide bonds. The smallest absolute Gasteiger partial charge is 0.337 e. The Labute approximate surface area is 223 Å². The van der Waals surface area contributed by atoms with E-state index in [0.717, 1.165) is 23.4 Å². The van der Waals surface area contributed by atoms with Gasteiger partial charge in [-0.25, -0.2) is 9.78 Å². The van der Waals surface area contributed by atoms with Crippen LogP contribution in [0.5, 0.6) is 0 Å². The Morgan fingerprint density at radius 1 is 1.08 bits per heavy atom. The minimum Gasteiger partial charge on any atom is -0.465 e. The minimum atomic E-state index is -0.475. The molecule has 0 radical (unpaired) electrons. The number of amides is 2. The van der Waals surface area contributed by atoms with E-state index in [4.69, 9.17) is 9.26 Å². The summed E-state index contributed by atoms with van der Waals surface area (Å²) in [4.78, 5) is 44.3. The molecule has 10 heteroatoms. The molecule has 1 N–H and O–H groups in total. The van der Waals surface area contributed by atoms with Crippen LogP contribution in [0.3, 0.4) is 0 Å². The van der Waals surface area contributed by atoms with E-state index in [2.05, 4.69) is 15.5 Å². The molecule has 1 aliphatic heterocycles. The summed E-state index contributed by atoms with van der Waals surface area (Å²) in [6, 6.07) is 16.1. The molecule has 3 heterocycles. The van der Waals surface area contributed by atoms with Crippen LogP contribution in [0.1, 0.15) is 60.7 Å². The summed E-state index contributed by atoms with van der Waals surface area (Å²) in [5.41, 5.74) is 3.05. The van der Waals surface area contributed by atoms with Crippen molar-refractivity contribution in [3.8, 4) is 11.3 Å². The lowest BCUT2D eigenvalue weighted by Gasteiger charge is -2.31. The minimum absolute atomic E-state index is 0.0885. The monoisotopic (exact) mass is 530 g/mol. The van der Waals surface area contributed by atoms with Crippen LogP contribution in [-0.4, -0.2) is 53.0 Å². The predicted molar refractivity (Wildman–Crippen MR) is 142 cm³/mol. The van der Waals surface area contributed by atoms with E-state index in [-0.39, 0.29) is 17.7 Å². The van der Waals surface area contributed by atoms with Crippen LogP contribution >= 0.6 is 11.3 Å². The number of carbonyl (C=O) groups excluding carboxylic acids is 3. The van der Waals surface area contributed by atoms with Crippen molar-refractivity contribution in [2.75, 3.05) is 25.5 Å². The van der Waals surface area contributed by atoms with Gasteiger partial charge < -0.3 is 19.5 Å². The van der Waals surface area contributed by atoms with Crippen LogP contribution in [0.4, 0.5) is 5.69 Å². The highest BCUT2D eigenvalue weighted by Crippen LogP contribution is 2.33. The number of rotatable bonds is 6. The van der Waals surface area contributed by atoms with Crippen molar-refractivity contribution in [2.45, 2.75) is 25.7 Å². The largest absolute Gasteiger partial charge is 0.465 e. The summed E-state index contributed by atoms with van der Waals surface area (Å²) >= 11 is 1.44. The average Bonchev–Trinajstić information content (AvgIpc) is 3.60. The standard InChI is InChI=1S/C28H26N4O5S/c1-17-23(24(31-37-17)18-7-4-3-5-8-18)27(34)32-13-11-19(12-14-32)26-30-22(16-38-26)25(33)29-21-10-6-9-20(15-21)28(35)36-2/h3-10,15-16,19H,11-14H2,1-2H3,(H,29,33). The number of hydrogen-bond donors (Lipinski definition) is 1. The number of aryl methyl sites for hydroxylation is 1. The van der Waals surface area contributed by atoms with Gasteiger partial charge in [-0.15, -0.1) is 11.3 Å². The molecular weight excluding hydrogens is 504 g/mol. The highest BCUT2D eigenvalue weighted by molar-refractivity contribution is 7.10. The number of anilines is 1. The molecule has 9 nitrogen and oxygen atoms in total. The molecule has 0 atom stereocenters. The Morgan fingerprint density at radius 3 is 2.58 bits per heavy atom. The van der Waals surface area contributed by atoms with E-state index >= 15 is 0 Å². The Hall–Kier alpha value is -4.31. The van der Waals surface area contributed by atoms with Crippen molar-refractivity contribution < 1.29 is 23.6 Å². The SMILES string of the molecule is COC(=O)c1cccc(NC(=O)c2csc(C3CCN(C(=O)c4c(-c5ccccc5)noc4C)CC3)n2)c1. The third-order valence-corrected chi connectivity index (χ3v) is 7.56. The van der Waals surface area contributed by atoms with Gasteiger partial charge in [0.25, 0.3) is 11.8 Å². The van der Waals surface area contributed by atoms with Gasteiger partial charge in [0, 0.05) is 35.6 Å². The van der Waals surface area contributed by atoms with Crippen LogP contribution in [0.25, 0.3) is 11.3 Å². The molecule has 4 aromatic rings. The molecule has 194 valence electrons. The van der Waals surface area contributed by atoms with Crippen molar-refractivity contribution in [2.24, 2.45) is 0 Å². The second-order valence-corrected chi connectivity index (χ2v) is 9.88. The molecule has 1 aliphatic rings. The zero-order chi connectivity index (χ0) is 26.6. The number of piperidine rings is 1. The van der Waals surface area contributed by atoms with Crippen molar-refractivity contribution in [3.63, 3.8) is 0 Å². The van der Waals surface area contributed by atoms with Crippen molar-refractivity contribution >= 4 is 34.8 Å². The number of thiazole rings is 1. The second kappa shape index (κ2) is 11.0. The molecule has 0 aliphatic carbocycles. The van der Waals surface area contributed by atoms with Gasteiger partial charge in [0.2, 0.25) is 0 Å². The average molecular weight is 531 g/mol. The molecule has 5 rings (SSSR count). The van der Waals surface area contributed by atoms with Crippen LogP contribution in [0.2, 0.25) is 0 Å². The van der Waals surface area contributed by atoms with E-state index < -0.39 is 5.97 Å². The number of ether oxygens (including phenoxy) is 1. The first-order valence-corrected chi connectivity index (χ1v) is 13.1. The Balaban J connectivity index is 1.22. The van der Waals surface area contributed by atoms with Gasteiger partial charge in [-0.1, -0.05) is 41.6 Å². The molecule has 1 fully saturated rings. The molecule has 38 heavy (non-hydrogen) atoms. The number of methoxy groups -OCH3 is 1. The molecule has 0 bridgehead atoms. The molecular formula is C28H26N4O5S. The second-order valence-electron chi connectivity index (χ2n) is 8.99. The Kier molecular flexibility index (Phi) is 7.32. The summed E-state index contributed by atoms with van der Waals surface area (Å²) in [5.74, 6) is -0.251. The number of nitrogens with zero attached hydrogens (tertiary/aromatic N) is 3. The number of esters is 1.